The topological polar surface area (TPSA) is 75.2 Å². The van der Waals surface area contributed by atoms with Crippen LogP contribution in [0.25, 0.3) is 0 Å². The van der Waals surface area contributed by atoms with Crippen LogP contribution < -0.4 is 10.2 Å². The molecule has 0 unspecified atom stereocenters. The summed E-state index contributed by atoms with van der Waals surface area (Å²) in [6.07, 6.45) is 0. The number of anilines is 1. The first-order chi connectivity index (χ1) is 7.54. The molecule has 1 fully saturated rings. The van der Waals surface area contributed by atoms with Crippen LogP contribution in [0.4, 0.5) is 5.82 Å². The van der Waals surface area contributed by atoms with Crippen molar-refractivity contribution in [1.29, 1.82) is 0 Å². The highest BCUT2D eigenvalue weighted by Crippen LogP contribution is 2.16. The van der Waals surface area contributed by atoms with Crippen molar-refractivity contribution >= 4 is 29.2 Å². The first-order valence-electron chi connectivity index (χ1n) is 4.63. The molecule has 0 atom stereocenters. The lowest BCUT2D eigenvalue weighted by Gasteiger charge is -2.26. The van der Waals surface area contributed by atoms with Crippen molar-refractivity contribution < 1.29 is 9.59 Å². The van der Waals surface area contributed by atoms with Gasteiger partial charge in [-0.05, 0) is 6.92 Å². The molecular formula is C9H9ClN4O2. The fraction of sp³-hybridized carbons (Fsp3) is 0.333. The summed E-state index contributed by atoms with van der Waals surface area (Å²) >= 11 is 5.78. The molecule has 1 saturated heterocycles. The molecule has 16 heavy (non-hydrogen) atoms. The monoisotopic (exact) mass is 240 g/mol. The van der Waals surface area contributed by atoms with Crippen LogP contribution in [0, 0.1) is 6.92 Å². The number of halogens is 1. The van der Waals surface area contributed by atoms with Crippen molar-refractivity contribution in [3.05, 3.63) is 17.0 Å². The molecule has 2 amide bonds. The van der Waals surface area contributed by atoms with Gasteiger partial charge in [0.1, 0.15) is 16.8 Å². The van der Waals surface area contributed by atoms with E-state index >= 15 is 0 Å². The fourth-order valence-electron chi connectivity index (χ4n) is 1.48. The molecular weight excluding hydrogens is 232 g/mol. The first-order valence-corrected chi connectivity index (χ1v) is 5.01. The number of imide groups is 1. The van der Waals surface area contributed by atoms with Crippen LogP contribution >= 0.6 is 11.6 Å². The van der Waals surface area contributed by atoms with Crippen LogP contribution in [-0.2, 0) is 9.59 Å². The molecule has 6 nitrogen and oxygen atoms in total. The molecule has 2 heterocycles. The number of carbonyl (C=O) groups is 2. The van der Waals surface area contributed by atoms with Crippen molar-refractivity contribution in [3.8, 4) is 0 Å². The van der Waals surface area contributed by atoms with E-state index in [0.29, 0.717) is 16.8 Å². The SMILES string of the molecule is Cc1nc(Cl)cc(N2CC(=O)NC(=O)C2)n1. The van der Waals surface area contributed by atoms with Crippen LogP contribution in [0.2, 0.25) is 5.15 Å². The molecule has 0 radical (unpaired) electrons. The second-order valence-corrected chi connectivity index (χ2v) is 3.81. The first kappa shape index (κ1) is 10.8. The Labute approximate surface area is 96.6 Å². The Hall–Kier alpha value is -1.69. The molecule has 7 heteroatoms. The molecule has 0 aromatic carbocycles. The number of aryl methyl sites for hydroxylation is 1. The predicted molar refractivity (Wildman–Crippen MR) is 57.1 cm³/mol. The summed E-state index contributed by atoms with van der Waals surface area (Å²) in [5, 5.41) is 2.50. The lowest BCUT2D eigenvalue weighted by molar-refractivity contribution is -0.130. The van der Waals surface area contributed by atoms with Gasteiger partial charge in [0.2, 0.25) is 11.8 Å². The zero-order chi connectivity index (χ0) is 11.7. The third-order valence-electron chi connectivity index (χ3n) is 2.06. The minimum Gasteiger partial charge on any atom is -0.338 e. The number of hydrogen-bond donors (Lipinski definition) is 1. The van der Waals surface area contributed by atoms with Gasteiger partial charge in [0.05, 0.1) is 13.1 Å². The quantitative estimate of drug-likeness (QED) is 0.548. The van der Waals surface area contributed by atoms with Gasteiger partial charge in [-0.2, -0.15) is 0 Å². The maximum atomic E-state index is 11.2. The molecule has 0 bridgehead atoms. The molecule has 1 aromatic heterocycles. The van der Waals surface area contributed by atoms with Crippen molar-refractivity contribution in [2.24, 2.45) is 0 Å². The maximum Gasteiger partial charge on any atom is 0.246 e. The second kappa shape index (κ2) is 4.05. The maximum absolute atomic E-state index is 11.2. The van der Waals surface area contributed by atoms with Gasteiger partial charge in [0, 0.05) is 6.07 Å². The number of aromatic nitrogens is 2. The second-order valence-electron chi connectivity index (χ2n) is 3.42. The Morgan fingerprint density at radius 2 is 1.94 bits per heavy atom. The number of piperazine rings is 1. The van der Waals surface area contributed by atoms with E-state index in [1.165, 1.54) is 6.07 Å². The molecule has 1 N–H and O–H groups in total. The lowest BCUT2D eigenvalue weighted by Crippen LogP contribution is -2.51. The Kier molecular flexibility index (Phi) is 2.74. The van der Waals surface area contributed by atoms with Crippen molar-refractivity contribution in [2.75, 3.05) is 18.0 Å². The van der Waals surface area contributed by atoms with Crippen LogP contribution in [0.1, 0.15) is 5.82 Å². The van der Waals surface area contributed by atoms with E-state index in [9.17, 15) is 9.59 Å². The van der Waals surface area contributed by atoms with Crippen molar-refractivity contribution in [2.45, 2.75) is 6.92 Å². The van der Waals surface area contributed by atoms with Gasteiger partial charge < -0.3 is 4.90 Å². The van der Waals surface area contributed by atoms with Gasteiger partial charge in [0.15, 0.2) is 0 Å². The number of amides is 2. The van der Waals surface area contributed by atoms with E-state index in [-0.39, 0.29) is 24.9 Å². The molecule has 1 aliphatic rings. The van der Waals surface area contributed by atoms with E-state index in [4.69, 9.17) is 11.6 Å². The molecule has 2 rings (SSSR count). The molecule has 1 aromatic rings. The van der Waals surface area contributed by atoms with Crippen LogP contribution in [-0.4, -0.2) is 34.9 Å². The van der Waals surface area contributed by atoms with E-state index < -0.39 is 0 Å². The van der Waals surface area contributed by atoms with Gasteiger partial charge in [-0.25, -0.2) is 9.97 Å². The lowest BCUT2D eigenvalue weighted by atomic mass is 10.3. The number of carbonyl (C=O) groups excluding carboxylic acids is 2. The average Bonchev–Trinajstić information content (AvgIpc) is 2.14. The zero-order valence-corrected chi connectivity index (χ0v) is 9.28. The summed E-state index contributed by atoms with van der Waals surface area (Å²) in [7, 11) is 0. The number of hydrogen-bond acceptors (Lipinski definition) is 5. The van der Waals surface area contributed by atoms with E-state index in [2.05, 4.69) is 15.3 Å². The number of nitrogens with one attached hydrogen (secondary N) is 1. The van der Waals surface area contributed by atoms with Gasteiger partial charge in [-0.15, -0.1) is 0 Å². The van der Waals surface area contributed by atoms with Crippen molar-refractivity contribution in [1.82, 2.24) is 15.3 Å². The number of rotatable bonds is 1. The summed E-state index contributed by atoms with van der Waals surface area (Å²) in [6.45, 7) is 1.89. The average molecular weight is 241 g/mol. The highest BCUT2D eigenvalue weighted by Gasteiger charge is 2.23. The highest BCUT2D eigenvalue weighted by atomic mass is 35.5. The van der Waals surface area contributed by atoms with Gasteiger partial charge >= 0.3 is 0 Å². The minimum atomic E-state index is -0.344. The number of nitrogens with zero attached hydrogens (tertiary/aromatic N) is 3. The van der Waals surface area contributed by atoms with Crippen LogP contribution in [0.15, 0.2) is 6.07 Å². The van der Waals surface area contributed by atoms with Crippen LogP contribution in [0.5, 0.6) is 0 Å². The smallest absolute Gasteiger partial charge is 0.246 e. The molecule has 0 saturated carbocycles. The molecule has 1 aliphatic heterocycles. The fourth-order valence-corrected chi connectivity index (χ4v) is 1.70. The van der Waals surface area contributed by atoms with Crippen molar-refractivity contribution in [3.63, 3.8) is 0 Å². The minimum absolute atomic E-state index is 0.0958. The standard InChI is InChI=1S/C9H9ClN4O2/c1-5-11-6(10)2-7(12-5)14-3-8(15)13-9(16)4-14/h2H,3-4H2,1H3,(H,13,15,16). The summed E-state index contributed by atoms with van der Waals surface area (Å²) in [5.74, 6) is 0.300. The highest BCUT2D eigenvalue weighted by molar-refractivity contribution is 6.29. The Morgan fingerprint density at radius 3 is 2.50 bits per heavy atom. The normalized spacial score (nSPS) is 16.2. The zero-order valence-electron chi connectivity index (χ0n) is 8.53. The van der Waals surface area contributed by atoms with E-state index in [0.717, 1.165) is 0 Å². The molecule has 0 aliphatic carbocycles. The summed E-state index contributed by atoms with van der Waals surface area (Å²) in [6, 6.07) is 1.53. The van der Waals surface area contributed by atoms with Crippen LogP contribution in [0.3, 0.4) is 0 Å². The van der Waals surface area contributed by atoms with Gasteiger partial charge in [-0.3, -0.25) is 14.9 Å². The van der Waals surface area contributed by atoms with Gasteiger partial charge in [0.25, 0.3) is 0 Å². The third-order valence-corrected chi connectivity index (χ3v) is 2.26. The third kappa shape index (κ3) is 2.27. The predicted octanol–water partition coefficient (Wildman–Crippen LogP) is -0.0988. The Morgan fingerprint density at radius 1 is 1.31 bits per heavy atom. The van der Waals surface area contributed by atoms with Gasteiger partial charge in [-0.1, -0.05) is 11.6 Å². The molecule has 0 spiro atoms. The summed E-state index contributed by atoms with van der Waals surface area (Å²) < 4.78 is 0. The Bertz CT molecular complexity index is 427. The van der Waals surface area contributed by atoms with E-state index in [1.54, 1.807) is 11.8 Å². The summed E-state index contributed by atoms with van der Waals surface area (Å²) in [5.41, 5.74) is 0. The Balaban J connectivity index is 2.29. The molecule has 84 valence electrons. The van der Waals surface area contributed by atoms with E-state index in [1.807, 2.05) is 0 Å². The summed E-state index contributed by atoms with van der Waals surface area (Å²) in [4.78, 5) is 31.9. The largest absolute Gasteiger partial charge is 0.338 e.